The fourth-order valence-corrected chi connectivity index (χ4v) is 3.58. The largest absolute Gasteiger partial charge is 0.500 e. The standard InChI is InChI=1S/C7H18O4SSi/c1-9-13(10-2,11-3)7-5-6-12(4)8/h5-7H2,1-4H3/t12-/m0/s1. The summed E-state index contributed by atoms with van der Waals surface area (Å²) < 4.78 is 26.4. The Morgan fingerprint density at radius 1 is 1.15 bits per heavy atom. The molecule has 0 rings (SSSR count). The van der Waals surface area contributed by atoms with Crippen LogP contribution >= 0.6 is 0 Å². The Morgan fingerprint density at radius 3 is 1.92 bits per heavy atom. The topological polar surface area (TPSA) is 44.8 Å². The first kappa shape index (κ1) is 13.2. The molecule has 0 N–H and O–H groups in total. The van der Waals surface area contributed by atoms with Crippen molar-refractivity contribution in [2.45, 2.75) is 12.5 Å². The van der Waals surface area contributed by atoms with Gasteiger partial charge in [-0.1, -0.05) is 0 Å². The quantitative estimate of drug-likeness (QED) is 0.597. The molecule has 4 nitrogen and oxygen atoms in total. The van der Waals surface area contributed by atoms with Crippen molar-refractivity contribution in [3.63, 3.8) is 0 Å². The average molecular weight is 226 g/mol. The maximum absolute atomic E-state index is 10.8. The Hall–Kier alpha value is 0.247. The Morgan fingerprint density at radius 2 is 1.62 bits per heavy atom. The van der Waals surface area contributed by atoms with Gasteiger partial charge in [0, 0.05) is 50.2 Å². The molecule has 6 heteroatoms. The van der Waals surface area contributed by atoms with Crippen molar-refractivity contribution in [3.8, 4) is 0 Å². The number of hydrogen-bond acceptors (Lipinski definition) is 4. The fraction of sp³-hybridized carbons (Fsp3) is 1.00. The zero-order chi connectivity index (χ0) is 10.3. The first-order chi connectivity index (χ1) is 6.10. The van der Waals surface area contributed by atoms with Gasteiger partial charge in [0.05, 0.1) is 0 Å². The van der Waals surface area contributed by atoms with Gasteiger partial charge in [0.15, 0.2) is 0 Å². The molecule has 0 aliphatic heterocycles. The van der Waals surface area contributed by atoms with Crippen LogP contribution in [-0.4, -0.2) is 46.4 Å². The summed E-state index contributed by atoms with van der Waals surface area (Å²) in [6, 6.07) is 0.718. The van der Waals surface area contributed by atoms with Crippen LogP contribution in [0.1, 0.15) is 6.42 Å². The Kier molecular flexibility index (Phi) is 6.79. The predicted molar refractivity (Wildman–Crippen MR) is 55.1 cm³/mol. The zero-order valence-electron chi connectivity index (χ0n) is 8.66. The maximum atomic E-state index is 10.8. The fourth-order valence-electron chi connectivity index (χ4n) is 1.05. The van der Waals surface area contributed by atoms with Gasteiger partial charge in [-0.05, 0) is 6.42 Å². The third-order valence-corrected chi connectivity index (χ3v) is 5.54. The number of rotatable bonds is 7. The van der Waals surface area contributed by atoms with Crippen molar-refractivity contribution < 1.29 is 17.5 Å². The lowest BCUT2D eigenvalue weighted by Gasteiger charge is -2.23. The van der Waals surface area contributed by atoms with Gasteiger partial charge in [0.1, 0.15) is 0 Å². The van der Waals surface area contributed by atoms with Gasteiger partial charge < -0.3 is 13.3 Å². The molecule has 0 unspecified atom stereocenters. The summed E-state index contributed by atoms with van der Waals surface area (Å²) >= 11 is 0. The van der Waals surface area contributed by atoms with E-state index in [-0.39, 0.29) is 0 Å². The van der Waals surface area contributed by atoms with Gasteiger partial charge >= 0.3 is 8.80 Å². The summed E-state index contributed by atoms with van der Waals surface area (Å²) in [5.41, 5.74) is 0. The van der Waals surface area contributed by atoms with Gasteiger partial charge in [-0.15, -0.1) is 0 Å². The molecule has 0 saturated carbocycles. The molecule has 0 aromatic carbocycles. The van der Waals surface area contributed by atoms with Crippen molar-refractivity contribution in [2.24, 2.45) is 0 Å². The molecule has 80 valence electrons. The van der Waals surface area contributed by atoms with E-state index in [1.807, 2.05) is 0 Å². The molecule has 0 aliphatic carbocycles. The highest BCUT2D eigenvalue weighted by Gasteiger charge is 2.36. The average Bonchev–Trinajstić information content (AvgIpc) is 2.13. The third-order valence-electron chi connectivity index (χ3n) is 1.85. The molecule has 0 fully saturated rings. The summed E-state index contributed by atoms with van der Waals surface area (Å²) in [6.45, 7) is 0. The van der Waals surface area contributed by atoms with Crippen molar-refractivity contribution in [1.29, 1.82) is 0 Å². The molecule has 0 aromatic heterocycles. The lowest BCUT2D eigenvalue weighted by atomic mass is 10.6. The second-order valence-corrected chi connectivity index (χ2v) is 7.32. The maximum Gasteiger partial charge on any atom is 0.500 e. The van der Waals surface area contributed by atoms with Crippen molar-refractivity contribution in [3.05, 3.63) is 0 Å². The van der Waals surface area contributed by atoms with Crippen LogP contribution in [0.2, 0.25) is 6.04 Å². The van der Waals surface area contributed by atoms with E-state index < -0.39 is 19.6 Å². The first-order valence-corrected chi connectivity index (χ1v) is 7.71. The minimum absolute atomic E-state index is 0.671. The van der Waals surface area contributed by atoms with Gasteiger partial charge in [0.2, 0.25) is 0 Å². The lowest BCUT2D eigenvalue weighted by molar-refractivity contribution is 0.123. The minimum atomic E-state index is -2.42. The summed E-state index contributed by atoms with van der Waals surface area (Å²) in [7, 11) is 1.59. The van der Waals surface area contributed by atoms with Crippen LogP contribution in [-0.2, 0) is 24.1 Å². The van der Waals surface area contributed by atoms with Crippen molar-refractivity contribution >= 4 is 19.6 Å². The Balaban J connectivity index is 3.88. The SMILES string of the molecule is CO[Si](CCC[S@](C)=O)(OC)OC. The van der Waals surface area contributed by atoms with E-state index in [2.05, 4.69) is 0 Å². The van der Waals surface area contributed by atoms with E-state index in [1.165, 1.54) is 0 Å². The highest BCUT2D eigenvalue weighted by Crippen LogP contribution is 2.14. The van der Waals surface area contributed by atoms with Gasteiger partial charge in [-0.3, -0.25) is 4.21 Å². The lowest BCUT2D eigenvalue weighted by Crippen LogP contribution is -2.42. The molecule has 0 saturated heterocycles. The second kappa shape index (κ2) is 6.66. The molecule has 0 radical (unpaired) electrons. The smallest absolute Gasteiger partial charge is 0.377 e. The molecule has 0 aliphatic rings. The van der Waals surface area contributed by atoms with Gasteiger partial charge in [0.25, 0.3) is 0 Å². The van der Waals surface area contributed by atoms with E-state index in [0.29, 0.717) is 5.75 Å². The Labute approximate surface area is 83.4 Å². The van der Waals surface area contributed by atoms with Crippen LogP contribution in [0.4, 0.5) is 0 Å². The first-order valence-electron chi connectivity index (χ1n) is 4.05. The molecule has 0 aromatic rings. The van der Waals surface area contributed by atoms with Crippen molar-refractivity contribution in [1.82, 2.24) is 0 Å². The van der Waals surface area contributed by atoms with Crippen LogP contribution in [0.3, 0.4) is 0 Å². The van der Waals surface area contributed by atoms with Crippen LogP contribution < -0.4 is 0 Å². The number of hydrogen-bond donors (Lipinski definition) is 0. The van der Waals surface area contributed by atoms with Crippen LogP contribution in [0.25, 0.3) is 0 Å². The molecular weight excluding hydrogens is 208 g/mol. The molecule has 0 heterocycles. The Bertz CT molecular complexity index is 152. The highest BCUT2D eigenvalue weighted by molar-refractivity contribution is 7.84. The molecular formula is C7H18O4SSi. The monoisotopic (exact) mass is 226 g/mol. The summed E-state index contributed by atoms with van der Waals surface area (Å²) in [5.74, 6) is 0.671. The molecule has 0 amide bonds. The van der Waals surface area contributed by atoms with E-state index in [4.69, 9.17) is 13.3 Å². The van der Waals surface area contributed by atoms with Crippen LogP contribution in [0.15, 0.2) is 0 Å². The highest BCUT2D eigenvalue weighted by atomic mass is 32.2. The molecule has 0 spiro atoms. The van der Waals surface area contributed by atoms with E-state index >= 15 is 0 Å². The summed E-state index contributed by atoms with van der Waals surface area (Å²) in [6.07, 6.45) is 2.50. The van der Waals surface area contributed by atoms with E-state index in [0.717, 1.165) is 12.5 Å². The minimum Gasteiger partial charge on any atom is -0.377 e. The zero-order valence-corrected chi connectivity index (χ0v) is 10.5. The third kappa shape index (κ3) is 4.87. The van der Waals surface area contributed by atoms with Crippen LogP contribution in [0.5, 0.6) is 0 Å². The predicted octanol–water partition coefficient (Wildman–Crippen LogP) is 0.633. The molecule has 13 heavy (non-hydrogen) atoms. The second-order valence-electron chi connectivity index (χ2n) is 2.68. The van der Waals surface area contributed by atoms with Gasteiger partial charge in [-0.2, -0.15) is 0 Å². The summed E-state index contributed by atoms with van der Waals surface area (Å²) in [4.78, 5) is 0. The van der Waals surface area contributed by atoms with Crippen molar-refractivity contribution in [2.75, 3.05) is 33.3 Å². The molecule has 1 atom stereocenters. The molecule has 0 bridgehead atoms. The van der Waals surface area contributed by atoms with Crippen LogP contribution in [0, 0.1) is 0 Å². The van der Waals surface area contributed by atoms with Gasteiger partial charge in [-0.25, -0.2) is 0 Å². The van der Waals surface area contributed by atoms with E-state index in [1.54, 1.807) is 27.6 Å². The summed E-state index contributed by atoms with van der Waals surface area (Å²) in [5, 5.41) is 0. The van der Waals surface area contributed by atoms with E-state index in [9.17, 15) is 4.21 Å². The normalized spacial score (nSPS) is 14.5.